The maximum absolute atomic E-state index is 12.6. The second kappa shape index (κ2) is 7.27. The lowest BCUT2D eigenvalue weighted by atomic mass is 10.2. The number of rotatable bonds is 6. The predicted octanol–water partition coefficient (Wildman–Crippen LogP) is 2.76. The van der Waals surface area contributed by atoms with Crippen LogP contribution in [-0.2, 0) is 11.3 Å². The Morgan fingerprint density at radius 2 is 2.09 bits per heavy atom. The molecule has 0 saturated heterocycles. The van der Waals surface area contributed by atoms with E-state index in [1.165, 1.54) is 6.07 Å². The van der Waals surface area contributed by atoms with Gasteiger partial charge in [0.05, 0.1) is 16.6 Å². The van der Waals surface area contributed by atoms with Gasteiger partial charge in [-0.1, -0.05) is 11.6 Å². The Balaban J connectivity index is 2.79. The largest absolute Gasteiger partial charge is 0.492 e. The van der Waals surface area contributed by atoms with Crippen LogP contribution in [0.3, 0.4) is 0 Å². The van der Waals surface area contributed by atoms with Crippen LogP contribution in [-0.4, -0.2) is 43.1 Å². The lowest BCUT2D eigenvalue weighted by Crippen LogP contribution is -2.47. The molecule has 1 unspecified atom stereocenters. The zero-order valence-corrected chi connectivity index (χ0v) is 12.6. The van der Waals surface area contributed by atoms with E-state index in [0.29, 0.717) is 0 Å². The van der Waals surface area contributed by atoms with Gasteiger partial charge in [-0.3, -0.25) is 4.55 Å². The smallest absolute Gasteiger partial charge is 0.473 e. The maximum atomic E-state index is 12.6. The van der Waals surface area contributed by atoms with E-state index >= 15 is 0 Å². The summed E-state index contributed by atoms with van der Waals surface area (Å²) >= 11 is 2.43. The number of nitrogens with zero attached hydrogens (tertiary/aromatic N) is 1. The minimum atomic E-state index is -5.01. The van der Waals surface area contributed by atoms with Gasteiger partial charge < -0.3 is 9.84 Å². The quantitative estimate of drug-likeness (QED) is 0.601. The summed E-state index contributed by atoms with van der Waals surface area (Å²) in [6.07, 6.45) is -5.01. The number of carbonyl (C=O) groups is 1. The maximum Gasteiger partial charge on any atom is 0.473 e. The van der Waals surface area contributed by atoms with Crippen molar-refractivity contribution in [1.82, 2.24) is 4.31 Å². The van der Waals surface area contributed by atoms with Gasteiger partial charge in [-0.2, -0.15) is 13.2 Å². The van der Waals surface area contributed by atoms with Crippen molar-refractivity contribution in [2.24, 2.45) is 0 Å². The topological polar surface area (TPSA) is 87.1 Å². The van der Waals surface area contributed by atoms with Crippen molar-refractivity contribution < 1.29 is 36.6 Å². The summed E-state index contributed by atoms with van der Waals surface area (Å²) in [7, 11) is 0. The molecule has 124 valence electrons. The number of benzene rings is 1. The molecule has 0 heterocycles. The van der Waals surface area contributed by atoms with E-state index in [1.807, 2.05) is 0 Å². The summed E-state index contributed by atoms with van der Waals surface area (Å²) in [5, 5.41) is 8.64. The Hall–Kier alpha value is -1.36. The van der Waals surface area contributed by atoms with Crippen molar-refractivity contribution in [3.8, 4) is 5.75 Å². The highest BCUT2D eigenvalue weighted by molar-refractivity contribution is 7.76. The monoisotopic (exact) mass is 361 g/mol. The molecule has 6 nitrogen and oxygen atoms in total. The Morgan fingerprint density at radius 1 is 1.50 bits per heavy atom. The molecule has 0 aliphatic rings. The van der Waals surface area contributed by atoms with E-state index in [9.17, 15) is 22.2 Å². The highest BCUT2D eigenvalue weighted by Crippen LogP contribution is 2.26. The standard InChI is InChI=1S/C11H11ClF3NO5S/c1-6(16(22(19)20)11(13,14)15)5-21-7-2-3-8(10(17)18)9(12)4-7/h2-4,6H,5H2,1H3,(H,17,18)(H,19,20)/t6-/m0/s1. The van der Waals surface area contributed by atoms with Crippen LogP contribution in [0.1, 0.15) is 17.3 Å². The molecule has 0 aliphatic carbocycles. The van der Waals surface area contributed by atoms with Gasteiger partial charge in [-0.05, 0) is 25.1 Å². The number of aromatic carboxylic acids is 1. The number of alkyl halides is 3. The first-order chi connectivity index (χ1) is 10.0. The van der Waals surface area contributed by atoms with E-state index < -0.39 is 40.5 Å². The molecule has 2 N–H and O–H groups in total. The highest BCUT2D eigenvalue weighted by atomic mass is 35.5. The molecule has 0 saturated carbocycles. The molecule has 0 fully saturated rings. The summed E-state index contributed by atoms with van der Waals surface area (Å²) in [6.45, 7) is 0.489. The summed E-state index contributed by atoms with van der Waals surface area (Å²) < 4.78 is 61.7. The third kappa shape index (κ3) is 4.83. The second-order valence-electron chi connectivity index (χ2n) is 4.13. The Kier molecular flexibility index (Phi) is 6.17. The SMILES string of the molecule is C[C@@H](COc1ccc(C(=O)O)c(Cl)c1)N(S(=O)O)C(F)(F)F. The van der Waals surface area contributed by atoms with Gasteiger partial charge in [0.15, 0.2) is 0 Å². The summed E-state index contributed by atoms with van der Waals surface area (Å²) in [6, 6.07) is 2.03. The molecule has 2 atom stereocenters. The predicted molar refractivity (Wildman–Crippen MR) is 72.0 cm³/mol. The molecule has 0 bridgehead atoms. The molecule has 0 spiro atoms. The summed E-state index contributed by atoms with van der Waals surface area (Å²) in [4.78, 5) is 10.8. The Morgan fingerprint density at radius 3 is 2.50 bits per heavy atom. The van der Waals surface area contributed by atoms with Crippen LogP contribution in [0, 0.1) is 0 Å². The first kappa shape index (κ1) is 18.7. The van der Waals surface area contributed by atoms with Crippen molar-refractivity contribution >= 4 is 28.8 Å². The molecular formula is C11H11ClF3NO5S. The first-order valence-electron chi connectivity index (χ1n) is 5.66. The van der Waals surface area contributed by atoms with E-state index in [0.717, 1.165) is 19.1 Å². The zero-order valence-electron chi connectivity index (χ0n) is 11.0. The summed E-state index contributed by atoms with van der Waals surface area (Å²) in [5.41, 5.74) is -0.185. The third-order valence-corrected chi connectivity index (χ3v) is 3.70. The van der Waals surface area contributed by atoms with Crippen LogP contribution in [0.25, 0.3) is 0 Å². The van der Waals surface area contributed by atoms with E-state index in [1.54, 1.807) is 0 Å². The third-order valence-electron chi connectivity index (χ3n) is 2.48. The number of carboxylic acids is 1. The van der Waals surface area contributed by atoms with Gasteiger partial charge in [-0.15, -0.1) is 4.31 Å². The van der Waals surface area contributed by atoms with Crippen LogP contribution in [0.4, 0.5) is 13.2 Å². The molecular weight excluding hydrogens is 351 g/mol. The molecule has 1 rings (SSSR count). The fraction of sp³-hybridized carbons (Fsp3) is 0.364. The minimum absolute atomic E-state index is 0.0349. The number of hydrogen-bond donors (Lipinski definition) is 2. The van der Waals surface area contributed by atoms with Gasteiger partial charge >= 0.3 is 12.3 Å². The fourth-order valence-corrected chi connectivity index (χ4v) is 2.33. The van der Waals surface area contributed by atoms with Crippen molar-refractivity contribution in [2.45, 2.75) is 19.3 Å². The van der Waals surface area contributed by atoms with Crippen LogP contribution in [0.15, 0.2) is 18.2 Å². The molecule has 0 amide bonds. The normalized spacial score (nSPS) is 14.7. The van der Waals surface area contributed by atoms with Crippen LogP contribution in [0.2, 0.25) is 5.02 Å². The highest BCUT2D eigenvalue weighted by Gasteiger charge is 2.44. The van der Waals surface area contributed by atoms with Gasteiger partial charge in [0.1, 0.15) is 12.4 Å². The zero-order chi connectivity index (χ0) is 17.1. The first-order valence-corrected chi connectivity index (χ1v) is 7.11. The average Bonchev–Trinajstić information content (AvgIpc) is 2.33. The van der Waals surface area contributed by atoms with Gasteiger partial charge in [0, 0.05) is 0 Å². The van der Waals surface area contributed by atoms with Crippen molar-refractivity contribution in [2.75, 3.05) is 6.61 Å². The molecule has 1 aromatic carbocycles. The molecule has 0 aliphatic heterocycles. The number of carboxylic acid groups (broad SMARTS) is 1. The second-order valence-corrected chi connectivity index (χ2v) is 5.39. The Bertz CT molecular complexity index is 583. The summed E-state index contributed by atoms with van der Waals surface area (Å²) in [5.74, 6) is -1.23. The van der Waals surface area contributed by atoms with Crippen molar-refractivity contribution in [1.29, 1.82) is 0 Å². The fourth-order valence-electron chi connectivity index (χ4n) is 1.54. The Labute approximate surface area is 130 Å². The lowest BCUT2D eigenvalue weighted by Gasteiger charge is -2.26. The van der Waals surface area contributed by atoms with Gasteiger partial charge in [0.2, 0.25) is 11.3 Å². The minimum Gasteiger partial charge on any atom is -0.492 e. The van der Waals surface area contributed by atoms with E-state index in [2.05, 4.69) is 0 Å². The average molecular weight is 362 g/mol. The van der Waals surface area contributed by atoms with Crippen LogP contribution < -0.4 is 4.74 Å². The van der Waals surface area contributed by atoms with E-state index in [4.69, 9.17) is 26.0 Å². The molecule has 0 aromatic heterocycles. The molecule has 11 heteroatoms. The lowest BCUT2D eigenvalue weighted by molar-refractivity contribution is -0.221. The number of halogens is 4. The van der Waals surface area contributed by atoms with Gasteiger partial charge in [0.25, 0.3) is 0 Å². The number of hydrogen-bond acceptors (Lipinski definition) is 3. The van der Waals surface area contributed by atoms with E-state index in [-0.39, 0.29) is 16.3 Å². The van der Waals surface area contributed by atoms with Gasteiger partial charge in [-0.25, -0.2) is 9.00 Å². The molecule has 22 heavy (non-hydrogen) atoms. The molecule has 0 radical (unpaired) electrons. The van der Waals surface area contributed by atoms with Crippen molar-refractivity contribution in [3.05, 3.63) is 28.8 Å². The number of ether oxygens (including phenoxy) is 1. The molecule has 1 aromatic rings. The van der Waals surface area contributed by atoms with Crippen LogP contribution in [0.5, 0.6) is 5.75 Å². The van der Waals surface area contributed by atoms with Crippen molar-refractivity contribution in [3.63, 3.8) is 0 Å². The van der Waals surface area contributed by atoms with Crippen LogP contribution >= 0.6 is 11.6 Å².